The number of Topliss-reactive ketones (excluding diaryl/α,β-unsaturated/α-hetero) is 1. The lowest BCUT2D eigenvalue weighted by atomic mass is 10.0. The fourth-order valence-electron chi connectivity index (χ4n) is 2.87. The van der Waals surface area contributed by atoms with Crippen LogP contribution in [-0.2, 0) is 0 Å². The summed E-state index contributed by atoms with van der Waals surface area (Å²) in [5.41, 5.74) is 3.14. The number of hydrogen-bond donors (Lipinski definition) is 1. The van der Waals surface area contributed by atoms with E-state index in [-0.39, 0.29) is 5.76 Å². The minimum absolute atomic E-state index is 0.147. The smallest absolute Gasteiger partial charge is 0.222 e. The lowest BCUT2D eigenvalue weighted by Crippen LogP contribution is -2.12. The van der Waals surface area contributed by atoms with Gasteiger partial charge in [0, 0.05) is 5.39 Å². The monoisotopic (exact) mass is 393 g/mol. The molecule has 2 aromatic carbocycles. The zero-order valence-electron chi connectivity index (χ0n) is 13.2. The maximum atomic E-state index is 12.8. The number of furan rings is 1. The number of benzene rings is 2. The molecule has 2 heterocycles. The van der Waals surface area contributed by atoms with E-state index in [0.717, 1.165) is 20.9 Å². The zero-order chi connectivity index (χ0) is 17.6. The number of para-hydroxylation sites is 2. The minimum atomic E-state index is -1.05. The van der Waals surface area contributed by atoms with Gasteiger partial charge in [-0.3, -0.25) is 4.79 Å². The fourth-order valence-corrected chi connectivity index (χ4v) is 3.54. The van der Waals surface area contributed by atoms with Crippen molar-refractivity contribution in [3.63, 3.8) is 0 Å². The van der Waals surface area contributed by atoms with Gasteiger partial charge in [-0.25, -0.2) is 4.98 Å². The molecule has 6 heteroatoms. The second-order valence-electron chi connectivity index (χ2n) is 5.84. The van der Waals surface area contributed by atoms with E-state index in [0.29, 0.717) is 16.9 Å². The number of aryl methyl sites for hydroxylation is 1. The molecule has 0 bridgehead atoms. The minimum Gasteiger partial charge on any atom is -0.452 e. The summed E-state index contributed by atoms with van der Waals surface area (Å²) < 4.78 is 6.48. The van der Waals surface area contributed by atoms with Crippen LogP contribution in [0.3, 0.4) is 0 Å². The number of fused-ring (bicyclic) bond motifs is 2. The van der Waals surface area contributed by atoms with Gasteiger partial charge in [0.15, 0.2) is 11.7 Å². The number of nitrogens with zero attached hydrogens (tertiary/aromatic N) is 2. The molecule has 25 heavy (non-hydrogen) atoms. The maximum absolute atomic E-state index is 12.8. The highest BCUT2D eigenvalue weighted by atomic mass is 79.9. The average molecular weight is 394 g/mol. The van der Waals surface area contributed by atoms with Crippen LogP contribution >= 0.6 is 15.9 Å². The van der Waals surface area contributed by atoms with E-state index >= 15 is 0 Å². The summed E-state index contributed by atoms with van der Waals surface area (Å²) in [7, 11) is 0. The molecular weight excluding hydrogens is 382 g/mol. The van der Waals surface area contributed by atoms with Crippen molar-refractivity contribution >= 4 is 43.7 Å². The summed E-state index contributed by atoms with van der Waals surface area (Å²) in [6.07, 6.45) is 0. The van der Waals surface area contributed by atoms with Crippen molar-refractivity contribution in [1.29, 1.82) is 5.26 Å². The zero-order valence-corrected chi connectivity index (χ0v) is 14.8. The summed E-state index contributed by atoms with van der Waals surface area (Å²) >= 11 is 3.44. The van der Waals surface area contributed by atoms with E-state index in [9.17, 15) is 10.1 Å². The third kappa shape index (κ3) is 2.63. The summed E-state index contributed by atoms with van der Waals surface area (Å²) in [6.45, 7) is 1.96. The third-order valence-corrected chi connectivity index (χ3v) is 4.62. The molecule has 2 aromatic heterocycles. The van der Waals surface area contributed by atoms with Crippen LogP contribution in [0.4, 0.5) is 0 Å². The Morgan fingerprint density at radius 2 is 2.12 bits per heavy atom. The van der Waals surface area contributed by atoms with E-state index in [1.807, 2.05) is 49.4 Å². The Morgan fingerprint density at radius 1 is 1.32 bits per heavy atom. The number of nitriles is 1. The van der Waals surface area contributed by atoms with E-state index in [4.69, 9.17) is 4.42 Å². The number of hydrogen-bond acceptors (Lipinski definition) is 4. The Balaban J connectivity index is 1.78. The van der Waals surface area contributed by atoms with Crippen LogP contribution in [-0.4, -0.2) is 15.8 Å². The van der Waals surface area contributed by atoms with Crippen molar-refractivity contribution in [3.8, 4) is 6.07 Å². The summed E-state index contributed by atoms with van der Waals surface area (Å²) in [6, 6.07) is 15.0. The van der Waals surface area contributed by atoms with Gasteiger partial charge < -0.3 is 9.40 Å². The molecular formula is C19H12BrN3O2. The number of ketones is 1. The lowest BCUT2D eigenvalue weighted by molar-refractivity contribution is 0.0951. The van der Waals surface area contributed by atoms with Gasteiger partial charge in [-0.1, -0.05) is 12.1 Å². The van der Waals surface area contributed by atoms with Crippen LogP contribution in [0, 0.1) is 18.3 Å². The first-order valence-corrected chi connectivity index (χ1v) is 8.44. The highest BCUT2D eigenvalue weighted by molar-refractivity contribution is 9.10. The van der Waals surface area contributed by atoms with Gasteiger partial charge in [0.25, 0.3) is 0 Å². The second kappa shape index (κ2) is 5.87. The highest BCUT2D eigenvalue weighted by Gasteiger charge is 2.28. The van der Waals surface area contributed by atoms with Crippen LogP contribution in [0.25, 0.3) is 22.0 Å². The van der Waals surface area contributed by atoms with Gasteiger partial charge in [-0.2, -0.15) is 5.26 Å². The molecule has 0 unspecified atom stereocenters. The van der Waals surface area contributed by atoms with E-state index in [1.165, 1.54) is 0 Å². The molecule has 0 radical (unpaired) electrons. The van der Waals surface area contributed by atoms with Crippen molar-refractivity contribution < 1.29 is 9.21 Å². The SMILES string of the molecule is Cc1cc(Br)c2oc(C(=O)[C@H](C#N)c3nc4ccccc4[nH]3)cc2c1. The topological polar surface area (TPSA) is 82.7 Å². The molecule has 1 N–H and O–H groups in total. The van der Waals surface area contributed by atoms with Crippen LogP contribution in [0.5, 0.6) is 0 Å². The number of rotatable bonds is 3. The summed E-state index contributed by atoms with van der Waals surface area (Å²) in [4.78, 5) is 20.2. The van der Waals surface area contributed by atoms with E-state index < -0.39 is 11.7 Å². The standard InChI is InChI=1S/C19H12BrN3O2/c1-10-6-11-8-16(25-18(11)13(20)7-10)17(24)12(9-21)19-22-14-4-2-3-5-15(14)23-19/h2-8,12H,1H3,(H,22,23)/t12-/m0/s1. The summed E-state index contributed by atoms with van der Waals surface area (Å²) in [5.74, 6) is -0.993. The number of carbonyl (C=O) groups is 1. The van der Waals surface area contributed by atoms with Gasteiger partial charge in [0.2, 0.25) is 5.78 Å². The molecule has 4 aromatic rings. The third-order valence-electron chi connectivity index (χ3n) is 4.03. The van der Waals surface area contributed by atoms with Gasteiger partial charge in [-0.05, 0) is 58.7 Å². The number of halogens is 1. The molecule has 0 fully saturated rings. The first-order chi connectivity index (χ1) is 12.1. The predicted octanol–water partition coefficient (Wildman–Crippen LogP) is 4.87. The van der Waals surface area contributed by atoms with Crippen molar-refractivity contribution in [2.24, 2.45) is 0 Å². The molecule has 0 saturated carbocycles. The molecule has 0 saturated heterocycles. The van der Waals surface area contributed by atoms with Crippen molar-refractivity contribution in [2.75, 3.05) is 0 Å². The molecule has 0 spiro atoms. The molecule has 1 atom stereocenters. The quantitative estimate of drug-likeness (QED) is 0.503. The first-order valence-electron chi connectivity index (χ1n) is 7.65. The van der Waals surface area contributed by atoms with Gasteiger partial charge >= 0.3 is 0 Å². The van der Waals surface area contributed by atoms with Crippen molar-refractivity contribution in [3.05, 3.63) is 64.1 Å². The molecule has 0 amide bonds. The molecule has 122 valence electrons. The average Bonchev–Trinajstić information content (AvgIpc) is 3.19. The molecule has 4 rings (SSSR count). The Bertz CT molecular complexity index is 1130. The molecule has 0 aliphatic rings. The van der Waals surface area contributed by atoms with Gasteiger partial charge in [0.1, 0.15) is 11.4 Å². The van der Waals surface area contributed by atoms with Crippen LogP contribution in [0.1, 0.15) is 27.9 Å². The Kier molecular flexibility index (Phi) is 3.66. The van der Waals surface area contributed by atoms with Crippen LogP contribution in [0.2, 0.25) is 0 Å². The van der Waals surface area contributed by atoms with E-state index in [1.54, 1.807) is 6.07 Å². The number of aromatic amines is 1. The van der Waals surface area contributed by atoms with Crippen molar-refractivity contribution in [1.82, 2.24) is 9.97 Å². The van der Waals surface area contributed by atoms with Crippen molar-refractivity contribution in [2.45, 2.75) is 12.8 Å². The van der Waals surface area contributed by atoms with Crippen LogP contribution in [0.15, 0.2) is 51.4 Å². The maximum Gasteiger partial charge on any atom is 0.222 e. The Hall–Kier alpha value is -2.91. The number of imidazole rings is 1. The number of carbonyl (C=O) groups excluding carboxylic acids is 1. The van der Waals surface area contributed by atoms with Gasteiger partial charge in [-0.15, -0.1) is 0 Å². The fraction of sp³-hybridized carbons (Fsp3) is 0.105. The largest absolute Gasteiger partial charge is 0.452 e. The first kappa shape index (κ1) is 15.6. The lowest BCUT2D eigenvalue weighted by Gasteiger charge is -2.02. The highest BCUT2D eigenvalue weighted by Crippen LogP contribution is 2.31. The van der Waals surface area contributed by atoms with Gasteiger partial charge in [0.05, 0.1) is 21.6 Å². The summed E-state index contributed by atoms with van der Waals surface area (Å²) in [5, 5.41) is 10.3. The number of aromatic nitrogens is 2. The second-order valence-corrected chi connectivity index (χ2v) is 6.70. The molecule has 5 nitrogen and oxygen atoms in total. The normalized spacial score (nSPS) is 12.4. The number of H-pyrrole nitrogens is 1. The molecule has 0 aliphatic carbocycles. The Morgan fingerprint density at radius 3 is 2.88 bits per heavy atom. The predicted molar refractivity (Wildman–Crippen MR) is 97.4 cm³/mol. The molecule has 0 aliphatic heterocycles. The number of nitrogens with one attached hydrogen (secondary N) is 1. The Labute approximate surface area is 151 Å². The van der Waals surface area contributed by atoms with E-state index in [2.05, 4.69) is 25.9 Å². The van der Waals surface area contributed by atoms with Crippen LogP contribution < -0.4 is 0 Å².